The standard InChI is InChI=1S/C95H104O21/c1-6-54-94(89(112-78(97)53-52-64(2)96)86(107-61-74-46-28-13-29-47-74)81(67(5)115-94)103-57-70-38-20-9-21-39-70)116-95(88(99)76-50-32-15-33-51-76)90(114-91-79(98)84(105-59-72-42-24-11-25-43-72)80(65(3)109-91)102-56-69-36-18-8-19-37-69)82(66(4)110-93(95)100)113-92-87(108-62-75-48-30-14-31-49-75)85(106-60-73-44-26-12-27-45-73)83(104-58-71-40-22-10-23-41-71)77(111-92)63-101-55-68-34-16-7-17-35-68/h6-51,65-67,77,79-87,89-93,98,100H,1,52-63H2,2-5H3/t65-,66-,67-,77+,79+,80-,81-,82-,83+,84-,85-,86+,87+,89+,90+,91-,92+,93+,94-,95+/m0/s1. The summed E-state index contributed by atoms with van der Waals surface area (Å²) in [6.45, 7) is 10.9. The van der Waals surface area contributed by atoms with Crippen molar-refractivity contribution in [2.75, 3.05) is 6.61 Å². The Labute approximate surface area is 678 Å². The van der Waals surface area contributed by atoms with E-state index in [2.05, 4.69) is 6.58 Å². The van der Waals surface area contributed by atoms with Gasteiger partial charge >= 0.3 is 5.97 Å². The Kier molecular flexibility index (Phi) is 30.5. The molecule has 0 radical (unpaired) electrons. The van der Waals surface area contributed by atoms with E-state index in [1.165, 1.54) is 25.1 Å². The van der Waals surface area contributed by atoms with Gasteiger partial charge in [-0.25, -0.2) is 0 Å². The molecular formula is C95H104O21. The van der Waals surface area contributed by atoms with Crippen molar-refractivity contribution < 1.29 is 100 Å². The van der Waals surface area contributed by atoms with Gasteiger partial charge in [-0.1, -0.05) is 279 Å². The van der Waals surface area contributed by atoms with Crippen LogP contribution in [0.25, 0.3) is 0 Å². The minimum Gasteiger partial charge on any atom is -0.454 e. The van der Waals surface area contributed by atoms with E-state index in [4.69, 9.17) is 75.8 Å². The molecule has 4 saturated heterocycles. The summed E-state index contributed by atoms with van der Waals surface area (Å²) in [5.41, 5.74) is 3.36. The summed E-state index contributed by atoms with van der Waals surface area (Å²) in [6, 6.07) is 84.4. The Balaban J connectivity index is 1.00. The number of ether oxygens (including phenoxy) is 16. The lowest BCUT2D eigenvalue weighted by Crippen LogP contribution is -2.78. The van der Waals surface area contributed by atoms with E-state index in [9.17, 15) is 15.0 Å². The number of aliphatic hydroxyl groups is 2. The van der Waals surface area contributed by atoms with E-state index < -0.39 is 146 Å². The number of ketones is 2. The molecule has 4 aliphatic heterocycles. The Bertz CT molecular complexity index is 4430. The molecule has 0 amide bonds. The fraction of sp³-hybridized carbons (Fsp3) is 0.379. The van der Waals surface area contributed by atoms with E-state index in [-0.39, 0.29) is 77.2 Å². The molecule has 4 aliphatic rings. The molecule has 2 N–H and O–H groups in total. The summed E-state index contributed by atoms with van der Waals surface area (Å²) in [6.07, 6.45) is -25.4. The third-order valence-electron chi connectivity index (χ3n) is 21.2. The van der Waals surface area contributed by atoms with Crippen molar-refractivity contribution >= 4 is 17.5 Å². The molecule has 20 atom stereocenters. The van der Waals surface area contributed by atoms with E-state index in [1.807, 2.05) is 243 Å². The van der Waals surface area contributed by atoms with Crippen LogP contribution in [-0.4, -0.2) is 156 Å². The highest BCUT2D eigenvalue weighted by Gasteiger charge is 2.71. The number of hydrogen-bond acceptors (Lipinski definition) is 21. The van der Waals surface area contributed by atoms with Gasteiger partial charge in [-0.3, -0.25) is 9.59 Å². The number of Topliss-reactive ketones (excluding diaryl/α,β-unsaturated/α-hetero) is 2. The lowest BCUT2D eigenvalue weighted by Gasteiger charge is -2.58. The Morgan fingerprint density at radius 1 is 0.397 bits per heavy atom. The van der Waals surface area contributed by atoms with Gasteiger partial charge in [0, 0.05) is 18.4 Å². The van der Waals surface area contributed by atoms with Crippen molar-refractivity contribution in [3.8, 4) is 0 Å². The maximum atomic E-state index is 17.5. The number of esters is 1. The van der Waals surface area contributed by atoms with E-state index >= 15 is 9.59 Å². The predicted molar refractivity (Wildman–Crippen MR) is 429 cm³/mol. The minimum atomic E-state index is -3.06. The first-order valence-corrected chi connectivity index (χ1v) is 39.8. The van der Waals surface area contributed by atoms with Crippen molar-refractivity contribution in [3.63, 3.8) is 0 Å². The van der Waals surface area contributed by atoms with Crippen LogP contribution in [-0.2, 0) is 138 Å². The van der Waals surface area contributed by atoms with Crippen molar-refractivity contribution in [2.24, 2.45) is 0 Å². The van der Waals surface area contributed by atoms with Gasteiger partial charge in [0.05, 0.1) is 84.2 Å². The van der Waals surface area contributed by atoms with Gasteiger partial charge in [0.15, 0.2) is 25.0 Å². The van der Waals surface area contributed by atoms with E-state index in [0.29, 0.717) is 0 Å². The maximum Gasteiger partial charge on any atom is 0.306 e. The maximum absolute atomic E-state index is 17.5. The summed E-state index contributed by atoms with van der Waals surface area (Å²) < 4.78 is 115. The molecule has 4 heterocycles. The van der Waals surface area contributed by atoms with Gasteiger partial charge in [-0.05, 0) is 72.2 Å². The van der Waals surface area contributed by atoms with Crippen LogP contribution in [0.2, 0.25) is 0 Å². The van der Waals surface area contributed by atoms with Crippen LogP contribution in [0.3, 0.4) is 0 Å². The monoisotopic (exact) mass is 1580 g/mol. The molecule has 116 heavy (non-hydrogen) atoms. The zero-order chi connectivity index (χ0) is 80.6. The fourth-order valence-electron chi connectivity index (χ4n) is 15.3. The number of carbonyl (C=O) groups excluding carboxylic acids is 3. The van der Waals surface area contributed by atoms with Crippen molar-refractivity contribution in [3.05, 3.63) is 336 Å². The average molecular weight is 1580 g/mol. The number of carbonyl (C=O) groups is 3. The highest BCUT2D eigenvalue weighted by Crippen LogP contribution is 2.50. The van der Waals surface area contributed by atoms with Gasteiger partial charge in [0.25, 0.3) is 0 Å². The van der Waals surface area contributed by atoms with Gasteiger partial charge < -0.3 is 90.8 Å². The Hall–Kier alpha value is -9.15. The highest BCUT2D eigenvalue weighted by atomic mass is 16.8. The molecular weight excluding hydrogens is 1480 g/mol. The summed E-state index contributed by atoms with van der Waals surface area (Å²) >= 11 is 0. The average Bonchev–Trinajstić information content (AvgIpc) is 0.708. The summed E-state index contributed by atoms with van der Waals surface area (Å²) in [4.78, 5) is 45.4. The molecule has 0 aromatic heterocycles. The number of benzene rings is 9. The lowest BCUT2D eigenvalue weighted by atomic mass is 9.78. The smallest absolute Gasteiger partial charge is 0.306 e. The van der Waals surface area contributed by atoms with Crippen molar-refractivity contribution in [2.45, 2.75) is 222 Å². The fourth-order valence-corrected chi connectivity index (χ4v) is 15.3. The molecule has 0 saturated carbocycles. The van der Waals surface area contributed by atoms with Gasteiger partial charge in [0.2, 0.25) is 17.2 Å². The zero-order valence-corrected chi connectivity index (χ0v) is 65.8. The Morgan fingerprint density at radius 3 is 1.22 bits per heavy atom. The lowest BCUT2D eigenvalue weighted by molar-refractivity contribution is -0.444. The van der Waals surface area contributed by atoms with E-state index in [0.717, 1.165) is 44.5 Å². The van der Waals surface area contributed by atoms with Gasteiger partial charge in [0.1, 0.15) is 72.9 Å². The predicted octanol–water partition coefficient (Wildman–Crippen LogP) is 14.2. The molecule has 9 aromatic rings. The van der Waals surface area contributed by atoms with E-state index in [1.54, 1.807) is 39.0 Å². The zero-order valence-electron chi connectivity index (χ0n) is 65.8. The first kappa shape index (κ1) is 84.8. The first-order valence-electron chi connectivity index (χ1n) is 39.8. The molecule has 9 aromatic carbocycles. The molecule has 4 fully saturated rings. The van der Waals surface area contributed by atoms with Crippen LogP contribution in [0.1, 0.15) is 102 Å². The molecule has 0 unspecified atom stereocenters. The highest BCUT2D eigenvalue weighted by molar-refractivity contribution is 6.03. The molecule has 0 aliphatic carbocycles. The minimum absolute atomic E-state index is 0.00955. The van der Waals surface area contributed by atoms with Crippen molar-refractivity contribution in [1.29, 1.82) is 0 Å². The number of aliphatic hydroxyl groups excluding tert-OH is 2. The largest absolute Gasteiger partial charge is 0.454 e. The Morgan fingerprint density at radius 2 is 0.776 bits per heavy atom. The van der Waals surface area contributed by atoms with Gasteiger partial charge in [-0.15, -0.1) is 6.58 Å². The normalized spacial score (nSPS) is 28.6. The molecule has 0 bridgehead atoms. The van der Waals surface area contributed by atoms with Crippen LogP contribution in [0.4, 0.5) is 0 Å². The summed E-state index contributed by atoms with van der Waals surface area (Å²) in [7, 11) is 0. The van der Waals surface area contributed by atoms with Crippen LogP contribution in [0.15, 0.2) is 286 Å². The molecule has 21 nitrogen and oxygen atoms in total. The quantitative estimate of drug-likeness (QED) is 0.0207. The summed E-state index contributed by atoms with van der Waals surface area (Å²) in [5, 5.41) is 27.6. The van der Waals surface area contributed by atoms with Crippen LogP contribution in [0, 0.1) is 0 Å². The van der Waals surface area contributed by atoms with Gasteiger partial charge in [-0.2, -0.15) is 0 Å². The number of rotatable bonds is 39. The molecule has 0 spiro atoms. The molecule has 21 heteroatoms. The first-order chi connectivity index (χ1) is 56.6. The van der Waals surface area contributed by atoms with Crippen molar-refractivity contribution in [1.82, 2.24) is 0 Å². The summed E-state index contributed by atoms with van der Waals surface area (Å²) in [5.74, 6) is -4.68. The van der Waals surface area contributed by atoms with Crippen LogP contribution in [0.5, 0.6) is 0 Å². The van der Waals surface area contributed by atoms with Crippen LogP contribution < -0.4 is 0 Å². The SMILES string of the molecule is C=CC[C@@]1(O[C@@]2(C(=O)c3ccccc3)[C@H](O)O[C@@H](C)[C@H](O[C@H]3O[C@H](COCc4ccccc4)[C@@H](OCc4ccccc4)[C@H](OCc4ccccc4)[C@H]3OCc3ccccc3)[C@H]2O[C@@H]2O[C@@H](C)[C@H](OCc3ccccc3)[C@@H](OCc3ccccc3)[C@H]2O)O[C@@H](C)[C@H](OCc2ccccc2)[C@@H](OCc2ccccc2)[C@H]1OC(=O)CCC(C)=O. The molecule has 610 valence electrons. The second-order valence-corrected chi connectivity index (χ2v) is 29.8. The topological polar surface area (TPSA) is 239 Å². The number of hydrogen-bond donors (Lipinski definition) is 2. The van der Waals surface area contributed by atoms with Crippen LogP contribution >= 0.6 is 0 Å². The third kappa shape index (κ3) is 21.8. The third-order valence-corrected chi connectivity index (χ3v) is 21.2. The molecule has 13 rings (SSSR count). The second kappa shape index (κ2) is 41.8. The second-order valence-electron chi connectivity index (χ2n) is 29.8.